The lowest BCUT2D eigenvalue weighted by molar-refractivity contribution is -0.141. The maximum atomic E-state index is 12.3. The van der Waals surface area contributed by atoms with Gasteiger partial charge in [0.25, 0.3) is 5.91 Å². The molecule has 1 amide bonds. The zero-order valence-corrected chi connectivity index (χ0v) is 11.2. The van der Waals surface area contributed by atoms with E-state index in [1.165, 1.54) is 16.2 Å². The van der Waals surface area contributed by atoms with E-state index in [4.69, 9.17) is 5.11 Å². The predicted octanol–water partition coefficient (Wildman–Crippen LogP) is 1.39. The van der Waals surface area contributed by atoms with Crippen LogP contribution >= 0.6 is 11.3 Å². The Morgan fingerprint density at radius 2 is 2.26 bits per heavy atom. The number of carbonyl (C=O) groups is 2. The Morgan fingerprint density at radius 3 is 2.95 bits per heavy atom. The molecule has 7 heteroatoms. The molecule has 0 bridgehead atoms. The number of aliphatic carboxylic acids is 1. The Hall–Kier alpha value is -1.89. The standard InChI is InChI=1S/C12H13N3O3S/c1-7-5-14-6-8(13-12(14)19-7)10(16)15-4-2-3-9(15)11(17)18/h5-6,9H,2-4H2,1H3,(H,17,18). The molecule has 0 saturated carbocycles. The molecule has 2 aromatic heterocycles. The smallest absolute Gasteiger partial charge is 0.326 e. The van der Waals surface area contributed by atoms with E-state index in [2.05, 4.69) is 4.98 Å². The molecule has 19 heavy (non-hydrogen) atoms. The van der Waals surface area contributed by atoms with Gasteiger partial charge in [-0.1, -0.05) is 0 Å². The molecule has 3 heterocycles. The van der Waals surface area contributed by atoms with Crippen LogP contribution in [0.2, 0.25) is 0 Å². The van der Waals surface area contributed by atoms with Crippen molar-refractivity contribution in [2.45, 2.75) is 25.8 Å². The van der Waals surface area contributed by atoms with E-state index in [0.717, 1.165) is 16.3 Å². The van der Waals surface area contributed by atoms with Crippen molar-refractivity contribution in [1.29, 1.82) is 0 Å². The summed E-state index contributed by atoms with van der Waals surface area (Å²) in [6.07, 6.45) is 4.81. The van der Waals surface area contributed by atoms with Gasteiger partial charge in [0.2, 0.25) is 0 Å². The summed E-state index contributed by atoms with van der Waals surface area (Å²) >= 11 is 1.50. The van der Waals surface area contributed by atoms with Crippen molar-refractivity contribution in [2.24, 2.45) is 0 Å². The number of fused-ring (bicyclic) bond motifs is 1. The summed E-state index contributed by atoms with van der Waals surface area (Å²) in [4.78, 5) is 30.9. The van der Waals surface area contributed by atoms with E-state index >= 15 is 0 Å². The average molecular weight is 279 g/mol. The zero-order valence-electron chi connectivity index (χ0n) is 10.4. The number of hydrogen-bond acceptors (Lipinski definition) is 4. The molecule has 0 aliphatic carbocycles. The van der Waals surface area contributed by atoms with E-state index in [-0.39, 0.29) is 5.91 Å². The van der Waals surface area contributed by atoms with Crippen LogP contribution in [-0.2, 0) is 4.79 Å². The van der Waals surface area contributed by atoms with Crippen molar-refractivity contribution in [3.8, 4) is 0 Å². The van der Waals surface area contributed by atoms with Crippen LogP contribution in [-0.4, -0.2) is 43.9 Å². The summed E-state index contributed by atoms with van der Waals surface area (Å²) in [5.74, 6) is -1.24. The molecule has 0 spiro atoms. The second kappa shape index (κ2) is 4.34. The van der Waals surface area contributed by atoms with Gasteiger partial charge in [0.15, 0.2) is 4.96 Å². The minimum absolute atomic E-state index is 0.293. The highest BCUT2D eigenvalue weighted by molar-refractivity contribution is 7.17. The first kappa shape index (κ1) is 12.2. The first-order valence-electron chi connectivity index (χ1n) is 6.05. The molecule has 3 rings (SSSR count). The van der Waals surface area contributed by atoms with Gasteiger partial charge in [0, 0.05) is 23.8 Å². The lowest BCUT2D eigenvalue weighted by Gasteiger charge is -2.19. The summed E-state index contributed by atoms with van der Waals surface area (Å²) in [6.45, 7) is 2.46. The molecule has 2 aromatic rings. The van der Waals surface area contributed by atoms with Crippen molar-refractivity contribution in [2.75, 3.05) is 6.54 Å². The normalized spacial score (nSPS) is 19.2. The van der Waals surface area contributed by atoms with Crippen LogP contribution < -0.4 is 0 Å². The SMILES string of the molecule is Cc1cn2cc(C(=O)N3CCCC3C(=O)O)nc2s1. The summed E-state index contributed by atoms with van der Waals surface area (Å²) < 4.78 is 1.80. The second-order valence-electron chi connectivity index (χ2n) is 4.65. The number of carbonyl (C=O) groups excluding carboxylic acids is 1. The highest BCUT2D eigenvalue weighted by Gasteiger charge is 2.35. The number of hydrogen-bond donors (Lipinski definition) is 1. The van der Waals surface area contributed by atoms with Gasteiger partial charge in [-0.25, -0.2) is 9.78 Å². The number of aryl methyl sites for hydroxylation is 1. The molecule has 6 nitrogen and oxygen atoms in total. The second-order valence-corrected chi connectivity index (χ2v) is 5.87. The van der Waals surface area contributed by atoms with Gasteiger partial charge in [-0.3, -0.25) is 9.20 Å². The topological polar surface area (TPSA) is 74.9 Å². The van der Waals surface area contributed by atoms with E-state index in [9.17, 15) is 9.59 Å². The van der Waals surface area contributed by atoms with Gasteiger partial charge in [-0.2, -0.15) is 0 Å². The van der Waals surface area contributed by atoms with Crippen LogP contribution in [0.5, 0.6) is 0 Å². The highest BCUT2D eigenvalue weighted by atomic mass is 32.1. The maximum absolute atomic E-state index is 12.3. The third-order valence-electron chi connectivity index (χ3n) is 3.29. The largest absolute Gasteiger partial charge is 0.480 e. The van der Waals surface area contributed by atoms with Crippen molar-refractivity contribution >= 4 is 28.2 Å². The maximum Gasteiger partial charge on any atom is 0.326 e. The third kappa shape index (κ3) is 1.99. The van der Waals surface area contributed by atoms with Crippen LogP contribution in [0.3, 0.4) is 0 Å². The van der Waals surface area contributed by atoms with Crippen LogP contribution in [0, 0.1) is 6.92 Å². The van der Waals surface area contributed by atoms with Crippen LogP contribution in [0.25, 0.3) is 4.96 Å². The Kier molecular flexibility index (Phi) is 2.78. The Morgan fingerprint density at radius 1 is 1.47 bits per heavy atom. The summed E-state index contributed by atoms with van der Waals surface area (Å²) in [7, 11) is 0. The van der Waals surface area contributed by atoms with E-state index in [0.29, 0.717) is 18.7 Å². The Balaban J connectivity index is 1.90. The van der Waals surface area contributed by atoms with E-state index in [1.54, 1.807) is 10.6 Å². The first-order chi connectivity index (χ1) is 9.06. The van der Waals surface area contributed by atoms with E-state index < -0.39 is 12.0 Å². The van der Waals surface area contributed by atoms with Crippen molar-refractivity contribution in [3.63, 3.8) is 0 Å². The molecule has 1 fully saturated rings. The van der Waals surface area contributed by atoms with Gasteiger partial charge >= 0.3 is 5.97 Å². The third-order valence-corrected chi connectivity index (χ3v) is 4.20. The van der Waals surface area contributed by atoms with Gasteiger partial charge in [-0.05, 0) is 19.8 Å². The quantitative estimate of drug-likeness (QED) is 0.901. The number of imidazole rings is 1. The summed E-state index contributed by atoms with van der Waals surface area (Å²) in [5.41, 5.74) is 0.319. The molecule has 1 atom stereocenters. The first-order valence-corrected chi connectivity index (χ1v) is 6.87. The molecule has 1 unspecified atom stereocenters. The lowest BCUT2D eigenvalue weighted by atomic mass is 10.2. The molecule has 0 radical (unpaired) electrons. The molecule has 1 N–H and O–H groups in total. The zero-order chi connectivity index (χ0) is 13.6. The van der Waals surface area contributed by atoms with Gasteiger partial charge in [-0.15, -0.1) is 11.3 Å². The highest BCUT2D eigenvalue weighted by Crippen LogP contribution is 2.22. The number of amides is 1. The number of carboxylic acid groups (broad SMARTS) is 1. The number of rotatable bonds is 2. The number of likely N-dealkylation sites (tertiary alicyclic amines) is 1. The average Bonchev–Trinajstić information content (AvgIpc) is 2.99. The number of aromatic nitrogens is 2. The Labute approximate surface area is 113 Å². The van der Waals surface area contributed by atoms with Gasteiger partial charge in [0.1, 0.15) is 11.7 Å². The number of nitrogens with zero attached hydrogens (tertiary/aromatic N) is 3. The summed E-state index contributed by atoms with van der Waals surface area (Å²) in [6, 6.07) is -0.714. The molecule has 0 aromatic carbocycles. The number of carboxylic acids is 1. The monoisotopic (exact) mass is 279 g/mol. The summed E-state index contributed by atoms with van der Waals surface area (Å²) in [5, 5.41) is 9.10. The molecular weight excluding hydrogens is 266 g/mol. The predicted molar refractivity (Wildman–Crippen MR) is 69.5 cm³/mol. The fourth-order valence-electron chi connectivity index (χ4n) is 2.43. The van der Waals surface area contributed by atoms with Gasteiger partial charge < -0.3 is 10.0 Å². The fourth-order valence-corrected chi connectivity index (χ4v) is 3.24. The number of thiazole rings is 1. The minimum atomic E-state index is -0.942. The van der Waals surface area contributed by atoms with Crippen LogP contribution in [0.15, 0.2) is 12.4 Å². The van der Waals surface area contributed by atoms with Crippen molar-refractivity contribution < 1.29 is 14.7 Å². The molecule has 1 aliphatic rings. The molecular formula is C12H13N3O3S. The lowest BCUT2D eigenvalue weighted by Crippen LogP contribution is -2.40. The molecule has 1 saturated heterocycles. The molecule has 100 valence electrons. The van der Waals surface area contributed by atoms with Crippen molar-refractivity contribution in [1.82, 2.24) is 14.3 Å². The molecule has 1 aliphatic heterocycles. The Bertz CT molecular complexity index is 629. The van der Waals surface area contributed by atoms with Crippen molar-refractivity contribution in [3.05, 3.63) is 23.0 Å². The van der Waals surface area contributed by atoms with E-state index in [1.807, 2.05) is 13.1 Å². The fraction of sp³-hybridized carbons (Fsp3) is 0.417. The van der Waals surface area contributed by atoms with Crippen LogP contribution in [0.4, 0.5) is 0 Å². The minimum Gasteiger partial charge on any atom is -0.480 e. The van der Waals surface area contributed by atoms with Gasteiger partial charge in [0.05, 0.1) is 0 Å². The van der Waals surface area contributed by atoms with Crippen LogP contribution in [0.1, 0.15) is 28.2 Å².